The third-order valence-electron chi connectivity index (χ3n) is 4.92. The summed E-state index contributed by atoms with van der Waals surface area (Å²) in [6.07, 6.45) is 0. The Morgan fingerprint density at radius 3 is 1.86 bits per heavy atom. The second kappa shape index (κ2) is 11.2. The van der Waals surface area contributed by atoms with Gasteiger partial charge in [0.1, 0.15) is 18.2 Å². The van der Waals surface area contributed by atoms with Crippen LogP contribution in [0.1, 0.15) is 17.2 Å². The van der Waals surface area contributed by atoms with Gasteiger partial charge in [-0.25, -0.2) is 13.6 Å². The van der Waals surface area contributed by atoms with Gasteiger partial charge in [0.05, 0.1) is 12.6 Å². The van der Waals surface area contributed by atoms with Crippen molar-refractivity contribution in [1.82, 2.24) is 9.80 Å². The van der Waals surface area contributed by atoms with Crippen LogP contribution in [0.2, 0.25) is 0 Å². The molecule has 0 aromatic heterocycles. The highest BCUT2D eigenvalue weighted by Gasteiger charge is 2.26. The minimum Gasteiger partial charge on any atom is -0.480 e. The topological polar surface area (TPSA) is 53.0 Å². The van der Waals surface area contributed by atoms with E-state index < -0.39 is 5.97 Å². The van der Waals surface area contributed by atoms with Crippen molar-refractivity contribution in [3.05, 3.63) is 71.3 Å². The summed E-state index contributed by atoms with van der Waals surface area (Å²) in [6, 6.07) is 12.8. The van der Waals surface area contributed by atoms with Gasteiger partial charge in [-0.3, -0.25) is 9.80 Å². The number of aliphatic carboxylic acids is 1. The Labute approximate surface area is 175 Å². The minimum absolute atomic E-state index is 0. The molecule has 1 aliphatic heterocycles. The van der Waals surface area contributed by atoms with Crippen molar-refractivity contribution < 1.29 is 23.4 Å². The number of piperazine rings is 1. The maximum Gasteiger partial charge on any atom is 0.329 e. The molecule has 1 heterocycles. The Morgan fingerprint density at radius 2 is 1.41 bits per heavy atom. The van der Waals surface area contributed by atoms with Crippen molar-refractivity contribution in [3.63, 3.8) is 0 Å². The SMILES string of the molecule is Cl.O=C(O)COCCN1CCN(C(c2ccc(F)cc2)c2ccc(F)cc2)CC1. The first kappa shape index (κ1) is 23.2. The maximum atomic E-state index is 13.4. The van der Waals surface area contributed by atoms with Crippen molar-refractivity contribution in [3.8, 4) is 0 Å². The number of rotatable bonds is 8. The molecular weight excluding hydrogens is 402 g/mol. The minimum atomic E-state index is -0.966. The summed E-state index contributed by atoms with van der Waals surface area (Å²) in [5.74, 6) is -1.54. The van der Waals surface area contributed by atoms with E-state index >= 15 is 0 Å². The fourth-order valence-corrected chi connectivity index (χ4v) is 3.50. The van der Waals surface area contributed by atoms with E-state index in [1.54, 1.807) is 24.3 Å². The normalized spacial score (nSPS) is 15.3. The van der Waals surface area contributed by atoms with Crippen molar-refractivity contribution in [2.45, 2.75) is 6.04 Å². The van der Waals surface area contributed by atoms with Crippen molar-refractivity contribution in [1.29, 1.82) is 0 Å². The summed E-state index contributed by atoms with van der Waals surface area (Å²) < 4.78 is 31.9. The predicted molar refractivity (Wildman–Crippen MR) is 108 cm³/mol. The molecule has 29 heavy (non-hydrogen) atoms. The van der Waals surface area contributed by atoms with E-state index in [0.717, 1.165) is 37.3 Å². The predicted octanol–water partition coefficient (Wildman–Crippen LogP) is 3.19. The van der Waals surface area contributed by atoms with Gasteiger partial charge in [0, 0.05) is 32.7 Å². The van der Waals surface area contributed by atoms with Crippen molar-refractivity contribution >= 4 is 18.4 Å². The van der Waals surface area contributed by atoms with Gasteiger partial charge >= 0.3 is 5.97 Å². The van der Waals surface area contributed by atoms with Crippen LogP contribution in [0.5, 0.6) is 0 Å². The third-order valence-corrected chi connectivity index (χ3v) is 4.92. The highest BCUT2D eigenvalue weighted by atomic mass is 35.5. The second-order valence-electron chi connectivity index (χ2n) is 6.83. The molecule has 8 heteroatoms. The zero-order valence-corrected chi connectivity index (χ0v) is 16.8. The van der Waals surface area contributed by atoms with Gasteiger partial charge in [-0.15, -0.1) is 12.4 Å². The van der Waals surface area contributed by atoms with Crippen LogP contribution < -0.4 is 0 Å². The number of halogens is 3. The lowest BCUT2D eigenvalue weighted by atomic mass is 9.96. The van der Waals surface area contributed by atoms with Crippen LogP contribution in [-0.2, 0) is 9.53 Å². The monoisotopic (exact) mass is 426 g/mol. The van der Waals surface area contributed by atoms with E-state index in [1.165, 1.54) is 24.3 Å². The number of carbonyl (C=O) groups is 1. The summed E-state index contributed by atoms with van der Waals surface area (Å²) in [6.45, 7) is 3.99. The van der Waals surface area contributed by atoms with Gasteiger partial charge < -0.3 is 9.84 Å². The summed E-state index contributed by atoms with van der Waals surface area (Å²) in [7, 11) is 0. The first-order valence-corrected chi connectivity index (χ1v) is 9.30. The highest BCUT2D eigenvalue weighted by molar-refractivity contribution is 5.85. The molecule has 0 unspecified atom stereocenters. The second-order valence-corrected chi connectivity index (χ2v) is 6.83. The fourth-order valence-electron chi connectivity index (χ4n) is 3.50. The Hall–Kier alpha value is -2.06. The first-order chi connectivity index (χ1) is 13.5. The zero-order chi connectivity index (χ0) is 19.9. The zero-order valence-electron chi connectivity index (χ0n) is 16.0. The van der Waals surface area contributed by atoms with Crippen LogP contribution in [0.15, 0.2) is 48.5 Å². The molecule has 5 nitrogen and oxygen atoms in total. The molecule has 0 aliphatic carbocycles. The molecule has 0 saturated carbocycles. The molecule has 1 N–H and O–H groups in total. The first-order valence-electron chi connectivity index (χ1n) is 9.30. The van der Waals surface area contributed by atoms with Crippen LogP contribution >= 0.6 is 12.4 Å². The Kier molecular flexibility index (Phi) is 8.98. The van der Waals surface area contributed by atoms with Gasteiger partial charge in [0.2, 0.25) is 0 Å². The van der Waals surface area contributed by atoms with E-state index in [2.05, 4.69) is 9.80 Å². The van der Waals surface area contributed by atoms with Crippen molar-refractivity contribution in [2.24, 2.45) is 0 Å². The average Bonchev–Trinajstić information content (AvgIpc) is 2.69. The number of hydrogen-bond donors (Lipinski definition) is 1. The maximum absolute atomic E-state index is 13.4. The Morgan fingerprint density at radius 1 is 0.931 bits per heavy atom. The average molecular weight is 427 g/mol. The molecule has 0 amide bonds. The lowest BCUT2D eigenvalue weighted by Gasteiger charge is -2.39. The van der Waals surface area contributed by atoms with E-state index in [9.17, 15) is 13.6 Å². The molecule has 2 aromatic rings. The molecule has 1 fully saturated rings. The summed E-state index contributed by atoms with van der Waals surface area (Å²) in [4.78, 5) is 15.0. The molecule has 0 atom stereocenters. The van der Waals surface area contributed by atoms with E-state index in [1.807, 2.05) is 0 Å². The smallest absolute Gasteiger partial charge is 0.329 e. The Balaban J connectivity index is 0.00000300. The lowest BCUT2D eigenvalue weighted by molar-refractivity contribution is -0.142. The molecule has 0 radical (unpaired) electrons. The standard InChI is InChI=1S/C21H24F2N2O3.ClH/c22-18-5-1-16(2-6-18)21(17-3-7-19(23)8-4-17)25-11-9-24(10-12-25)13-14-28-15-20(26)27;/h1-8,21H,9-15H2,(H,26,27);1H. The van der Waals surface area contributed by atoms with Crippen LogP contribution in [0.4, 0.5) is 8.78 Å². The van der Waals surface area contributed by atoms with Gasteiger partial charge in [-0.05, 0) is 35.4 Å². The molecule has 2 aromatic carbocycles. The van der Waals surface area contributed by atoms with Crippen LogP contribution in [-0.4, -0.2) is 66.8 Å². The van der Waals surface area contributed by atoms with Crippen LogP contribution in [0.25, 0.3) is 0 Å². The fraction of sp³-hybridized carbons (Fsp3) is 0.381. The van der Waals surface area contributed by atoms with E-state index in [0.29, 0.717) is 13.2 Å². The number of ether oxygens (including phenoxy) is 1. The van der Waals surface area contributed by atoms with Gasteiger partial charge in [0.25, 0.3) is 0 Å². The van der Waals surface area contributed by atoms with Gasteiger partial charge in [-0.2, -0.15) is 0 Å². The molecule has 158 valence electrons. The Bertz CT molecular complexity index is 721. The lowest BCUT2D eigenvalue weighted by Crippen LogP contribution is -2.48. The molecule has 0 bridgehead atoms. The number of carboxylic acid groups (broad SMARTS) is 1. The highest BCUT2D eigenvalue weighted by Crippen LogP contribution is 2.30. The summed E-state index contributed by atoms with van der Waals surface area (Å²) in [5.41, 5.74) is 1.93. The van der Waals surface area contributed by atoms with Gasteiger partial charge in [0.15, 0.2) is 0 Å². The van der Waals surface area contributed by atoms with Crippen LogP contribution in [0, 0.1) is 11.6 Å². The quantitative estimate of drug-likeness (QED) is 0.657. The summed E-state index contributed by atoms with van der Waals surface area (Å²) in [5, 5.41) is 8.60. The number of carboxylic acids is 1. The largest absolute Gasteiger partial charge is 0.480 e. The number of benzene rings is 2. The van der Waals surface area contributed by atoms with E-state index in [4.69, 9.17) is 9.84 Å². The van der Waals surface area contributed by atoms with Crippen molar-refractivity contribution in [2.75, 3.05) is 45.9 Å². The molecule has 1 saturated heterocycles. The number of nitrogens with zero attached hydrogens (tertiary/aromatic N) is 2. The number of hydrogen-bond acceptors (Lipinski definition) is 4. The van der Waals surface area contributed by atoms with E-state index in [-0.39, 0.29) is 36.7 Å². The molecule has 0 spiro atoms. The molecular formula is C21H25ClF2N2O3. The van der Waals surface area contributed by atoms with Crippen LogP contribution in [0.3, 0.4) is 0 Å². The summed E-state index contributed by atoms with van der Waals surface area (Å²) >= 11 is 0. The third kappa shape index (κ3) is 6.75. The molecule has 3 rings (SSSR count). The van der Waals surface area contributed by atoms with Gasteiger partial charge in [-0.1, -0.05) is 24.3 Å². The molecule has 1 aliphatic rings.